The number of hydrazone groups is 1. The normalized spacial score (nSPS) is 18.4. The maximum Gasteiger partial charge on any atom is 0.187 e. The molecule has 2 N–H and O–H groups in total. The number of hydrogen-bond acceptors (Lipinski definition) is 3. The molecule has 2 rings (SSSR count). The average Bonchev–Trinajstić information content (AvgIpc) is 2.93. The second-order valence-electron chi connectivity index (χ2n) is 4.35. The molecule has 0 aliphatic carbocycles. The van der Waals surface area contributed by atoms with Crippen LogP contribution < -0.4 is 10.7 Å². The van der Waals surface area contributed by atoms with Crippen LogP contribution in [0.3, 0.4) is 0 Å². The molecule has 0 aromatic heterocycles. The van der Waals surface area contributed by atoms with Crippen molar-refractivity contribution in [3.8, 4) is 0 Å². The van der Waals surface area contributed by atoms with Crippen LogP contribution in [0.25, 0.3) is 0 Å². The first kappa shape index (κ1) is 15.2. The van der Waals surface area contributed by atoms with Crippen molar-refractivity contribution < 1.29 is 9.13 Å². The number of hydrogen-bond donors (Lipinski definition) is 2. The summed E-state index contributed by atoms with van der Waals surface area (Å²) in [6.45, 7) is 1.44. The van der Waals surface area contributed by atoms with E-state index in [0.29, 0.717) is 16.7 Å². The predicted octanol–water partition coefficient (Wildman–Crippen LogP) is 2.46. The van der Waals surface area contributed by atoms with Crippen LogP contribution in [0.5, 0.6) is 0 Å². The fourth-order valence-electron chi connectivity index (χ4n) is 1.84. The van der Waals surface area contributed by atoms with Crippen LogP contribution in [0.1, 0.15) is 18.4 Å². The Morgan fingerprint density at radius 2 is 2.45 bits per heavy atom. The molecule has 1 saturated heterocycles. The third-order valence-corrected chi connectivity index (χ3v) is 3.44. The minimum absolute atomic E-state index is 0.194. The van der Waals surface area contributed by atoms with Crippen LogP contribution in [0, 0.1) is 5.82 Å². The van der Waals surface area contributed by atoms with Gasteiger partial charge in [0.2, 0.25) is 0 Å². The third kappa shape index (κ3) is 4.40. The maximum absolute atomic E-state index is 13.5. The predicted molar refractivity (Wildman–Crippen MR) is 81.7 cm³/mol. The summed E-state index contributed by atoms with van der Waals surface area (Å²) in [6.07, 6.45) is 3.61. The van der Waals surface area contributed by atoms with Gasteiger partial charge in [-0.15, -0.1) is 0 Å². The molecule has 0 bridgehead atoms. The number of thiocarbonyl (C=S) groups is 1. The summed E-state index contributed by atoms with van der Waals surface area (Å²) >= 11 is 10.9. The first-order valence-corrected chi connectivity index (χ1v) is 7.08. The fraction of sp³-hybridized carbons (Fsp3) is 0.385. The number of benzene rings is 1. The van der Waals surface area contributed by atoms with Crippen LogP contribution in [0.2, 0.25) is 5.02 Å². The molecule has 1 aliphatic heterocycles. The first-order chi connectivity index (χ1) is 9.66. The van der Waals surface area contributed by atoms with Crippen LogP contribution >= 0.6 is 23.8 Å². The Hall–Kier alpha value is -1.24. The molecule has 0 radical (unpaired) electrons. The van der Waals surface area contributed by atoms with Crippen LogP contribution in [-0.2, 0) is 4.74 Å². The van der Waals surface area contributed by atoms with Gasteiger partial charge in [0, 0.05) is 18.7 Å². The number of nitrogens with zero attached hydrogens (tertiary/aromatic N) is 1. The van der Waals surface area contributed by atoms with Crippen molar-refractivity contribution in [1.82, 2.24) is 10.7 Å². The molecule has 1 aromatic carbocycles. The fourth-order valence-corrected chi connectivity index (χ4v) is 2.19. The van der Waals surface area contributed by atoms with Gasteiger partial charge in [0.15, 0.2) is 5.11 Å². The lowest BCUT2D eigenvalue weighted by Crippen LogP contribution is -2.37. The summed E-state index contributed by atoms with van der Waals surface area (Å²) < 4.78 is 18.9. The third-order valence-electron chi connectivity index (χ3n) is 2.87. The quantitative estimate of drug-likeness (QED) is 0.509. The first-order valence-electron chi connectivity index (χ1n) is 6.29. The molecule has 4 nitrogen and oxygen atoms in total. The van der Waals surface area contributed by atoms with E-state index in [0.717, 1.165) is 19.4 Å². The van der Waals surface area contributed by atoms with E-state index < -0.39 is 5.82 Å². The zero-order valence-electron chi connectivity index (χ0n) is 10.7. The topological polar surface area (TPSA) is 45.7 Å². The van der Waals surface area contributed by atoms with E-state index in [2.05, 4.69) is 15.8 Å². The molecular weight excluding hydrogens is 301 g/mol. The van der Waals surface area contributed by atoms with E-state index in [-0.39, 0.29) is 11.7 Å². The molecule has 0 spiro atoms. The van der Waals surface area contributed by atoms with E-state index in [1.54, 1.807) is 6.07 Å². The summed E-state index contributed by atoms with van der Waals surface area (Å²) in [5, 5.41) is 7.52. The molecule has 1 atom stereocenters. The van der Waals surface area contributed by atoms with Gasteiger partial charge in [-0.3, -0.25) is 5.43 Å². The Kier molecular flexibility index (Phi) is 5.70. The average molecular weight is 316 g/mol. The zero-order chi connectivity index (χ0) is 14.4. The van der Waals surface area contributed by atoms with Gasteiger partial charge in [-0.2, -0.15) is 5.10 Å². The number of halogens is 2. The van der Waals surface area contributed by atoms with E-state index in [1.807, 2.05) is 0 Å². The van der Waals surface area contributed by atoms with Crippen molar-refractivity contribution in [3.05, 3.63) is 34.6 Å². The molecule has 0 saturated carbocycles. The molecule has 1 aliphatic rings. The minimum atomic E-state index is -0.429. The summed E-state index contributed by atoms with van der Waals surface area (Å²) in [6, 6.07) is 4.46. The Bertz CT molecular complexity index is 486. The minimum Gasteiger partial charge on any atom is -0.376 e. The van der Waals surface area contributed by atoms with E-state index in [9.17, 15) is 4.39 Å². The molecule has 7 heteroatoms. The van der Waals surface area contributed by atoms with Crippen molar-refractivity contribution in [1.29, 1.82) is 0 Å². The van der Waals surface area contributed by atoms with Gasteiger partial charge in [0.1, 0.15) is 5.82 Å². The summed E-state index contributed by atoms with van der Waals surface area (Å²) in [5.41, 5.74) is 2.84. The van der Waals surface area contributed by atoms with Gasteiger partial charge in [-0.25, -0.2) is 4.39 Å². The molecule has 108 valence electrons. The summed E-state index contributed by atoms with van der Waals surface area (Å²) in [4.78, 5) is 0. The Morgan fingerprint density at radius 3 is 3.15 bits per heavy atom. The van der Waals surface area contributed by atoms with Gasteiger partial charge in [0.05, 0.1) is 17.3 Å². The van der Waals surface area contributed by atoms with Gasteiger partial charge < -0.3 is 10.1 Å². The second-order valence-corrected chi connectivity index (χ2v) is 5.17. The van der Waals surface area contributed by atoms with Crippen LogP contribution in [-0.4, -0.2) is 30.6 Å². The zero-order valence-corrected chi connectivity index (χ0v) is 12.3. The summed E-state index contributed by atoms with van der Waals surface area (Å²) in [7, 11) is 0. The van der Waals surface area contributed by atoms with E-state index in [4.69, 9.17) is 28.6 Å². The molecule has 1 unspecified atom stereocenters. The molecule has 1 heterocycles. The molecule has 20 heavy (non-hydrogen) atoms. The lowest BCUT2D eigenvalue weighted by molar-refractivity contribution is 0.114. The lowest BCUT2D eigenvalue weighted by atomic mass is 10.2. The smallest absolute Gasteiger partial charge is 0.187 e. The van der Waals surface area contributed by atoms with Crippen molar-refractivity contribution in [3.63, 3.8) is 0 Å². The largest absolute Gasteiger partial charge is 0.376 e. The van der Waals surface area contributed by atoms with Gasteiger partial charge in [-0.05, 0) is 37.2 Å². The highest BCUT2D eigenvalue weighted by Gasteiger charge is 2.15. The van der Waals surface area contributed by atoms with Crippen LogP contribution in [0.15, 0.2) is 23.3 Å². The molecule has 0 amide bonds. The Balaban J connectivity index is 1.79. The van der Waals surface area contributed by atoms with Crippen molar-refractivity contribution >= 4 is 35.1 Å². The van der Waals surface area contributed by atoms with Gasteiger partial charge >= 0.3 is 0 Å². The highest BCUT2D eigenvalue weighted by Crippen LogP contribution is 2.16. The van der Waals surface area contributed by atoms with Crippen molar-refractivity contribution in [2.45, 2.75) is 18.9 Å². The van der Waals surface area contributed by atoms with Crippen molar-refractivity contribution in [2.75, 3.05) is 13.2 Å². The number of nitrogens with one attached hydrogen (secondary N) is 2. The highest BCUT2D eigenvalue weighted by molar-refractivity contribution is 7.80. The van der Waals surface area contributed by atoms with E-state index in [1.165, 1.54) is 18.3 Å². The highest BCUT2D eigenvalue weighted by atomic mass is 35.5. The van der Waals surface area contributed by atoms with Crippen LogP contribution in [0.4, 0.5) is 4.39 Å². The Labute approximate surface area is 127 Å². The SMILES string of the molecule is Fc1cccc(Cl)c1/C=N/NC(=S)NCC1CCCO1. The molecular formula is C13H15ClFN3OS. The maximum atomic E-state index is 13.5. The van der Waals surface area contributed by atoms with Gasteiger partial charge in [0.25, 0.3) is 0 Å². The molecule has 1 aromatic rings. The standard InChI is InChI=1S/C13H15ClFN3OS/c14-11-4-1-5-12(15)10(11)8-17-18-13(20)16-7-9-3-2-6-19-9/h1,4-5,8-9H,2-3,6-7H2,(H2,16,18,20)/b17-8+. The second kappa shape index (κ2) is 7.52. The molecule has 1 fully saturated rings. The monoisotopic (exact) mass is 315 g/mol. The number of rotatable bonds is 4. The Morgan fingerprint density at radius 1 is 1.60 bits per heavy atom. The number of ether oxygens (including phenoxy) is 1. The summed E-state index contributed by atoms with van der Waals surface area (Å²) in [5.74, 6) is -0.429. The van der Waals surface area contributed by atoms with Gasteiger partial charge in [-0.1, -0.05) is 17.7 Å². The lowest BCUT2D eigenvalue weighted by Gasteiger charge is -2.11. The van der Waals surface area contributed by atoms with E-state index >= 15 is 0 Å². The van der Waals surface area contributed by atoms with Crippen molar-refractivity contribution in [2.24, 2.45) is 5.10 Å².